The molecule has 0 saturated carbocycles. The Hall–Kier alpha value is -0.620. The summed E-state index contributed by atoms with van der Waals surface area (Å²) in [4.78, 5) is 14.2. The van der Waals surface area contributed by atoms with Gasteiger partial charge in [0.25, 0.3) is 5.91 Å². The largest absolute Gasteiger partial charge is 1.00 e. The summed E-state index contributed by atoms with van der Waals surface area (Å²) >= 11 is 0. The molecule has 4 heteroatoms. The Bertz CT molecular complexity index is 447. The SMILES string of the molecule is Cc1ccc(C(=O)N(C)C[N+](C)(C)C(C)(C)C)cc1.[I-]. The Morgan fingerprint density at radius 2 is 1.60 bits per heavy atom. The first-order chi connectivity index (χ1) is 8.54. The monoisotopic (exact) mass is 390 g/mol. The summed E-state index contributed by atoms with van der Waals surface area (Å²) in [5.41, 5.74) is 2.02. The molecule has 1 aromatic carbocycles. The fraction of sp³-hybridized carbons (Fsp3) is 0.562. The van der Waals surface area contributed by atoms with Gasteiger partial charge in [-0.3, -0.25) is 9.69 Å². The molecule has 0 heterocycles. The van der Waals surface area contributed by atoms with Crippen LogP contribution in [-0.4, -0.2) is 48.6 Å². The number of carbonyl (C=O) groups excluding carboxylic acids is 1. The maximum Gasteiger partial charge on any atom is 0.257 e. The van der Waals surface area contributed by atoms with Crippen LogP contribution in [0.2, 0.25) is 0 Å². The molecule has 1 rings (SSSR count). The predicted octanol–water partition coefficient (Wildman–Crippen LogP) is -0.0966. The first-order valence-corrected chi connectivity index (χ1v) is 6.70. The van der Waals surface area contributed by atoms with Gasteiger partial charge in [-0.25, -0.2) is 0 Å². The van der Waals surface area contributed by atoms with Crippen molar-refractivity contribution in [1.82, 2.24) is 4.90 Å². The summed E-state index contributed by atoms with van der Waals surface area (Å²) in [6.45, 7) is 9.29. The van der Waals surface area contributed by atoms with Gasteiger partial charge in [0, 0.05) is 12.6 Å². The minimum atomic E-state index is 0. The van der Waals surface area contributed by atoms with Crippen molar-refractivity contribution >= 4 is 5.91 Å². The number of quaternary nitrogens is 1. The second kappa shape index (κ2) is 6.89. The third kappa shape index (κ3) is 4.74. The molecule has 0 aromatic heterocycles. The second-order valence-corrected chi connectivity index (χ2v) is 6.87. The van der Waals surface area contributed by atoms with Crippen LogP contribution < -0.4 is 24.0 Å². The average molecular weight is 390 g/mol. The fourth-order valence-electron chi connectivity index (χ4n) is 1.72. The highest BCUT2D eigenvalue weighted by Gasteiger charge is 2.33. The molecule has 0 aliphatic rings. The fourth-order valence-corrected chi connectivity index (χ4v) is 1.72. The van der Waals surface area contributed by atoms with E-state index in [0.717, 1.165) is 10.0 Å². The lowest BCUT2D eigenvalue weighted by atomic mass is 10.0. The highest BCUT2D eigenvalue weighted by molar-refractivity contribution is 5.93. The van der Waals surface area contributed by atoms with E-state index < -0.39 is 0 Å². The van der Waals surface area contributed by atoms with Gasteiger partial charge in [-0.05, 0) is 39.8 Å². The molecular formula is C16H27IN2O. The van der Waals surface area contributed by atoms with E-state index in [9.17, 15) is 4.79 Å². The van der Waals surface area contributed by atoms with Crippen molar-refractivity contribution < 1.29 is 33.3 Å². The van der Waals surface area contributed by atoms with Crippen LogP contribution in [0.15, 0.2) is 24.3 Å². The molecule has 0 saturated heterocycles. The number of rotatable bonds is 3. The number of nitrogens with zero attached hydrogens (tertiary/aromatic N) is 2. The Morgan fingerprint density at radius 1 is 1.15 bits per heavy atom. The lowest BCUT2D eigenvalue weighted by molar-refractivity contribution is -0.943. The van der Waals surface area contributed by atoms with Gasteiger partial charge in [-0.1, -0.05) is 17.7 Å². The van der Waals surface area contributed by atoms with Gasteiger partial charge in [-0.2, -0.15) is 0 Å². The van der Waals surface area contributed by atoms with Crippen LogP contribution >= 0.6 is 0 Å². The molecule has 0 N–H and O–H groups in total. The molecule has 0 atom stereocenters. The number of amides is 1. The van der Waals surface area contributed by atoms with E-state index in [2.05, 4.69) is 34.9 Å². The van der Waals surface area contributed by atoms with E-state index in [1.807, 2.05) is 38.2 Å². The van der Waals surface area contributed by atoms with Crippen LogP contribution in [0.5, 0.6) is 0 Å². The van der Waals surface area contributed by atoms with Gasteiger partial charge in [-0.15, -0.1) is 0 Å². The zero-order valence-electron chi connectivity index (χ0n) is 13.7. The van der Waals surface area contributed by atoms with Gasteiger partial charge < -0.3 is 28.5 Å². The minimum absolute atomic E-state index is 0. The molecule has 1 amide bonds. The second-order valence-electron chi connectivity index (χ2n) is 6.87. The number of aryl methyl sites for hydroxylation is 1. The van der Waals surface area contributed by atoms with Crippen LogP contribution in [0.25, 0.3) is 0 Å². The van der Waals surface area contributed by atoms with E-state index in [1.54, 1.807) is 4.90 Å². The van der Waals surface area contributed by atoms with E-state index in [0.29, 0.717) is 6.67 Å². The maximum absolute atomic E-state index is 12.4. The van der Waals surface area contributed by atoms with Crippen LogP contribution in [0.1, 0.15) is 36.7 Å². The molecule has 1 aromatic rings. The standard InChI is InChI=1S/C16H27N2O.HI/c1-13-8-10-14(11-9-13)15(19)17(5)12-18(6,7)16(2,3)4;/h8-11H,12H2,1-7H3;1H/q+1;/p-1. The lowest BCUT2D eigenvalue weighted by Crippen LogP contribution is -3.00. The quantitative estimate of drug-likeness (QED) is 0.401. The number of halogens is 1. The topological polar surface area (TPSA) is 20.3 Å². The molecule has 0 bridgehead atoms. The molecule has 0 fully saturated rings. The molecule has 114 valence electrons. The van der Waals surface area contributed by atoms with Gasteiger partial charge >= 0.3 is 0 Å². The van der Waals surface area contributed by atoms with Crippen molar-refractivity contribution in [2.24, 2.45) is 0 Å². The van der Waals surface area contributed by atoms with Crippen LogP contribution in [0, 0.1) is 6.92 Å². The van der Waals surface area contributed by atoms with Crippen molar-refractivity contribution in [3.05, 3.63) is 35.4 Å². The molecule has 0 spiro atoms. The molecule has 0 aliphatic carbocycles. The Labute approximate surface area is 140 Å². The number of hydrogen-bond donors (Lipinski definition) is 0. The summed E-state index contributed by atoms with van der Waals surface area (Å²) in [6.07, 6.45) is 0. The minimum Gasteiger partial charge on any atom is -1.00 e. The molecule has 0 unspecified atom stereocenters. The van der Waals surface area contributed by atoms with E-state index >= 15 is 0 Å². The molecule has 3 nitrogen and oxygen atoms in total. The number of benzene rings is 1. The lowest BCUT2D eigenvalue weighted by Gasteiger charge is -2.44. The van der Waals surface area contributed by atoms with Crippen molar-refractivity contribution in [2.45, 2.75) is 33.2 Å². The predicted molar refractivity (Wildman–Crippen MR) is 80.0 cm³/mol. The molecule has 0 radical (unpaired) electrons. The summed E-state index contributed by atoms with van der Waals surface area (Å²) in [7, 11) is 6.17. The third-order valence-electron chi connectivity index (χ3n) is 4.03. The van der Waals surface area contributed by atoms with E-state index in [1.165, 1.54) is 5.56 Å². The third-order valence-corrected chi connectivity index (χ3v) is 4.03. The van der Waals surface area contributed by atoms with Crippen LogP contribution in [-0.2, 0) is 0 Å². The van der Waals surface area contributed by atoms with Gasteiger partial charge in [0.1, 0.15) is 0 Å². The number of hydrogen-bond acceptors (Lipinski definition) is 1. The summed E-state index contributed by atoms with van der Waals surface area (Å²) < 4.78 is 0.765. The van der Waals surface area contributed by atoms with Crippen molar-refractivity contribution in [3.8, 4) is 0 Å². The normalized spacial score (nSPS) is 11.8. The molecular weight excluding hydrogens is 363 g/mol. The Morgan fingerprint density at radius 3 is 2.00 bits per heavy atom. The highest BCUT2D eigenvalue weighted by Crippen LogP contribution is 2.20. The van der Waals surface area contributed by atoms with Gasteiger partial charge in [0.2, 0.25) is 0 Å². The van der Waals surface area contributed by atoms with E-state index in [-0.39, 0.29) is 35.4 Å². The van der Waals surface area contributed by atoms with Crippen molar-refractivity contribution in [2.75, 3.05) is 27.8 Å². The molecule has 20 heavy (non-hydrogen) atoms. The number of carbonyl (C=O) groups is 1. The maximum atomic E-state index is 12.4. The Kier molecular flexibility index (Phi) is 6.68. The van der Waals surface area contributed by atoms with Crippen LogP contribution in [0.4, 0.5) is 0 Å². The zero-order valence-corrected chi connectivity index (χ0v) is 15.9. The Balaban J connectivity index is 0.00000361. The highest BCUT2D eigenvalue weighted by atomic mass is 127. The van der Waals surface area contributed by atoms with Gasteiger partial charge in [0.15, 0.2) is 6.67 Å². The van der Waals surface area contributed by atoms with Crippen LogP contribution in [0.3, 0.4) is 0 Å². The average Bonchev–Trinajstić information content (AvgIpc) is 2.27. The van der Waals surface area contributed by atoms with Crippen molar-refractivity contribution in [1.29, 1.82) is 0 Å². The summed E-state index contributed by atoms with van der Waals surface area (Å²) in [5, 5.41) is 0. The summed E-state index contributed by atoms with van der Waals surface area (Å²) in [6, 6.07) is 7.74. The van der Waals surface area contributed by atoms with Crippen molar-refractivity contribution in [3.63, 3.8) is 0 Å². The van der Waals surface area contributed by atoms with E-state index in [4.69, 9.17) is 0 Å². The molecule has 0 aliphatic heterocycles. The zero-order chi connectivity index (χ0) is 14.8. The summed E-state index contributed by atoms with van der Waals surface area (Å²) in [5.74, 6) is 0.0791. The smallest absolute Gasteiger partial charge is 0.257 e. The first kappa shape index (κ1) is 19.4. The van der Waals surface area contributed by atoms with Gasteiger partial charge in [0.05, 0.1) is 19.6 Å². The first-order valence-electron chi connectivity index (χ1n) is 6.70.